The quantitative estimate of drug-likeness (QED) is 0.650. The number of carbonyl (C=O) groups is 2. The van der Waals surface area contributed by atoms with Crippen LogP contribution in [-0.2, 0) is 4.79 Å². The van der Waals surface area contributed by atoms with Crippen molar-refractivity contribution < 1.29 is 9.59 Å². The number of Topliss-reactive ketones (excluding diaryl/α,β-unsaturated/α-hetero) is 1. The van der Waals surface area contributed by atoms with Crippen LogP contribution in [0.4, 0.5) is 0 Å². The summed E-state index contributed by atoms with van der Waals surface area (Å²) in [6.07, 6.45) is 3.02. The first-order chi connectivity index (χ1) is 8.70. The fourth-order valence-corrected chi connectivity index (χ4v) is 1.77. The van der Waals surface area contributed by atoms with Crippen LogP contribution in [0.3, 0.4) is 0 Å². The smallest absolute Gasteiger partial charge is 0.232 e. The molecule has 0 fully saturated rings. The van der Waals surface area contributed by atoms with Crippen molar-refractivity contribution in [1.82, 2.24) is 4.98 Å². The highest BCUT2D eigenvalue weighted by molar-refractivity contribution is 6.13. The van der Waals surface area contributed by atoms with Crippen molar-refractivity contribution in [2.45, 2.75) is 5.92 Å². The third kappa shape index (κ3) is 2.43. The van der Waals surface area contributed by atoms with Crippen molar-refractivity contribution in [3.63, 3.8) is 0 Å². The Morgan fingerprint density at radius 3 is 2.17 bits per heavy atom. The van der Waals surface area contributed by atoms with Crippen molar-refractivity contribution in [2.75, 3.05) is 0 Å². The number of rotatable bonds is 4. The minimum absolute atomic E-state index is 0.309. The molecule has 1 heterocycles. The number of ketones is 1. The summed E-state index contributed by atoms with van der Waals surface area (Å²) in [6.45, 7) is 0. The largest absolute Gasteiger partial charge is 0.369 e. The highest BCUT2D eigenvalue weighted by Crippen LogP contribution is 2.20. The standard InChI is InChI=1S/C14H12N2O2/c15-14(18)12(10-4-2-1-3-5-10)13(17)11-6-8-16-9-7-11/h1-9,12H,(H2,15,18). The Hall–Kier alpha value is -2.49. The maximum absolute atomic E-state index is 12.3. The number of nitrogens with zero attached hydrogens (tertiary/aromatic N) is 1. The van der Waals surface area contributed by atoms with E-state index < -0.39 is 11.8 Å². The molecule has 18 heavy (non-hydrogen) atoms. The Morgan fingerprint density at radius 2 is 1.61 bits per heavy atom. The second kappa shape index (κ2) is 5.23. The zero-order chi connectivity index (χ0) is 13.0. The van der Waals surface area contributed by atoms with E-state index in [4.69, 9.17) is 5.73 Å². The van der Waals surface area contributed by atoms with Crippen molar-refractivity contribution >= 4 is 11.7 Å². The number of primary amides is 1. The lowest BCUT2D eigenvalue weighted by atomic mass is 9.90. The molecule has 1 amide bonds. The molecule has 0 saturated carbocycles. The van der Waals surface area contributed by atoms with Crippen LogP contribution in [0.25, 0.3) is 0 Å². The monoisotopic (exact) mass is 240 g/mol. The topological polar surface area (TPSA) is 73.1 Å². The molecule has 0 spiro atoms. The van der Waals surface area contributed by atoms with Crippen LogP contribution in [0, 0.1) is 0 Å². The summed E-state index contributed by atoms with van der Waals surface area (Å²) >= 11 is 0. The van der Waals surface area contributed by atoms with Gasteiger partial charge in [-0.1, -0.05) is 30.3 Å². The maximum atomic E-state index is 12.3. The first-order valence-electron chi connectivity index (χ1n) is 5.48. The van der Waals surface area contributed by atoms with Crippen molar-refractivity contribution in [2.24, 2.45) is 5.73 Å². The van der Waals surface area contributed by atoms with Gasteiger partial charge in [-0.25, -0.2) is 0 Å². The van der Waals surface area contributed by atoms with Crippen molar-refractivity contribution in [1.29, 1.82) is 0 Å². The number of nitrogens with two attached hydrogens (primary N) is 1. The van der Waals surface area contributed by atoms with E-state index in [9.17, 15) is 9.59 Å². The number of hydrogen-bond acceptors (Lipinski definition) is 3. The van der Waals surface area contributed by atoms with Gasteiger partial charge in [0, 0.05) is 18.0 Å². The zero-order valence-electron chi connectivity index (χ0n) is 9.61. The molecule has 2 aromatic rings. The first kappa shape index (κ1) is 12.0. The molecule has 0 radical (unpaired) electrons. The molecule has 1 atom stereocenters. The van der Waals surface area contributed by atoms with Gasteiger partial charge in [-0.05, 0) is 17.7 Å². The summed E-state index contributed by atoms with van der Waals surface area (Å²) in [4.78, 5) is 27.6. The van der Waals surface area contributed by atoms with E-state index in [1.165, 1.54) is 12.4 Å². The highest BCUT2D eigenvalue weighted by atomic mass is 16.2. The summed E-state index contributed by atoms with van der Waals surface area (Å²) in [5.41, 5.74) is 6.36. The lowest BCUT2D eigenvalue weighted by Gasteiger charge is -2.12. The van der Waals surface area contributed by atoms with E-state index in [0.29, 0.717) is 11.1 Å². The minimum Gasteiger partial charge on any atom is -0.369 e. The van der Waals surface area contributed by atoms with Gasteiger partial charge in [-0.15, -0.1) is 0 Å². The fraction of sp³-hybridized carbons (Fsp3) is 0.0714. The predicted octanol–water partition coefficient (Wildman–Crippen LogP) is 1.53. The van der Waals surface area contributed by atoms with Crippen LogP contribution in [-0.4, -0.2) is 16.7 Å². The molecule has 4 nitrogen and oxygen atoms in total. The van der Waals surface area contributed by atoms with Gasteiger partial charge in [-0.2, -0.15) is 0 Å². The number of amides is 1. The third-order valence-corrected chi connectivity index (χ3v) is 2.64. The van der Waals surface area contributed by atoms with Crippen LogP contribution in [0.2, 0.25) is 0 Å². The molecule has 2 N–H and O–H groups in total. The molecular formula is C14H12N2O2. The van der Waals surface area contributed by atoms with Crippen LogP contribution in [0.1, 0.15) is 21.8 Å². The number of carbonyl (C=O) groups excluding carboxylic acids is 2. The van der Waals surface area contributed by atoms with Gasteiger partial charge in [0.1, 0.15) is 5.92 Å². The lowest BCUT2D eigenvalue weighted by molar-refractivity contribution is -0.118. The Kier molecular flexibility index (Phi) is 3.48. The average molecular weight is 240 g/mol. The van der Waals surface area contributed by atoms with Gasteiger partial charge in [0.15, 0.2) is 5.78 Å². The summed E-state index contributed by atoms with van der Waals surface area (Å²) in [7, 11) is 0. The molecule has 0 aliphatic rings. The molecule has 90 valence electrons. The summed E-state index contributed by atoms with van der Waals surface area (Å²) in [5.74, 6) is -1.91. The molecule has 1 aromatic heterocycles. The second-order valence-electron chi connectivity index (χ2n) is 3.85. The third-order valence-electron chi connectivity index (χ3n) is 2.64. The van der Waals surface area contributed by atoms with Gasteiger partial charge in [0.05, 0.1) is 0 Å². The van der Waals surface area contributed by atoms with E-state index in [1.807, 2.05) is 6.07 Å². The van der Waals surface area contributed by atoms with E-state index in [-0.39, 0.29) is 5.78 Å². The Bertz CT molecular complexity index is 553. The molecule has 2 rings (SSSR count). The maximum Gasteiger partial charge on any atom is 0.232 e. The summed E-state index contributed by atoms with van der Waals surface area (Å²) in [5, 5.41) is 0. The predicted molar refractivity (Wildman–Crippen MR) is 66.9 cm³/mol. The fourth-order valence-electron chi connectivity index (χ4n) is 1.77. The SMILES string of the molecule is NC(=O)C(C(=O)c1ccncc1)c1ccccc1. The molecule has 0 bridgehead atoms. The highest BCUT2D eigenvalue weighted by Gasteiger charge is 2.26. The molecule has 0 saturated heterocycles. The molecular weight excluding hydrogens is 228 g/mol. The van der Waals surface area contributed by atoms with E-state index in [0.717, 1.165) is 0 Å². The lowest BCUT2D eigenvalue weighted by Crippen LogP contribution is -2.28. The number of aromatic nitrogens is 1. The van der Waals surface area contributed by atoms with E-state index in [1.54, 1.807) is 36.4 Å². The summed E-state index contributed by atoms with van der Waals surface area (Å²) < 4.78 is 0. The molecule has 1 unspecified atom stereocenters. The number of pyridine rings is 1. The van der Waals surface area contributed by atoms with Crippen molar-refractivity contribution in [3.8, 4) is 0 Å². The van der Waals surface area contributed by atoms with Gasteiger partial charge in [0.25, 0.3) is 0 Å². The minimum atomic E-state index is -0.950. The Morgan fingerprint density at radius 1 is 1.00 bits per heavy atom. The second-order valence-corrected chi connectivity index (χ2v) is 3.85. The normalized spacial score (nSPS) is 11.8. The summed E-state index contributed by atoms with van der Waals surface area (Å²) in [6, 6.07) is 11.9. The van der Waals surface area contributed by atoms with Crippen LogP contribution >= 0.6 is 0 Å². The van der Waals surface area contributed by atoms with Gasteiger partial charge in [-0.3, -0.25) is 14.6 Å². The average Bonchev–Trinajstić information content (AvgIpc) is 2.40. The molecule has 4 heteroatoms. The molecule has 1 aromatic carbocycles. The number of hydrogen-bond donors (Lipinski definition) is 1. The Labute approximate surface area is 104 Å². The number of benzene rings is 1. The van der Waals surface area contributed by atoms with Gasteiger partial charge < -0.3 is 5.73 Å². The first-order valence-corrected chi connectivity index (χ1v) is 5.48. The Balaban J connectivity index is 2.39. The van der Waals surface area contributed by atoms with E-state index in [2.05, 4.69) is 4.98 Å². The molecule has 0 aliphatic carbocycles. The zero-order valence-corrected chi connectivity index (χ0v) is 9.61. The van der Waals surface area contributed by atoms with Crippen LogP contribution in [0.15, 0.2) is 54.9 Å². The van der Waals surface area contributed by atoms with Crippen molar-refractivity contribution in [3.05, 3.63) is 66.0 Å². The molecule has 0 aliphatic heterocycles. The van der Waals surface area contributed by atoms with E-state index >= 15 is 0 Å². The van der Waals surface area contributed by atoms with Gasteiger partial charge in [0.2, 0.25) is 5.91 Å². The van der Waals surface area contributed by atoms with Crippen LogP contribution in [0.5, 0.6) is 0 Å². The van der Waals surface area contributed by atoms with Crippen LogP contribution < -0.4 is 5.73 Å². The van der Waals surface area contributed by atoms with Gasteiger partial charge >= 0.3 is 0 Å².